The Hall–Kier alpha value is -1.08. The van der Waals surface area contributed by atoms with Gasteiger partial charge in [0, 0.05) is 11.5 Å². The summed E-state index contributed by atoms with van der Waals surface area (Å²) in [7, 11) is 0. The lowest BCUT2D eigenvalue weighted by molar-refractivity contribution is -0.132. The molecule has 16 heavy (non-hydrogen) atoms. The van der Waals surface area contributed by atoms with Crippen LogP contribution >= 0.6 is 0 Å². The number of carbonyl (C=O) groups excluding carboxylic acids is 1. The lowest BCUT2D eigenvalue weighted by atomic mass is 9.80. The van der Waals surface area contributed by atoms with E-state index in [0.29, 0.717) is 6.42 Å². The Labute approximate surface area is 97.4 Å². The quantitative estimate of drug-likeness (QED) is 0.752. The van der Waals surface area contributed by atoms with Gasteiger partial charge in [0.2, 0.25) is 5.91 Å². The molecule has 1 atom stereocenters. The first kappa shape index (κ1) is 13.0. The second-order valence-corrected chi connectivity index (χ2v) is 4.75. The molecule has 0 saturated carbocycles. The minimum Gasteiger partial charge on any atom is -0.352 e. The predicted octanol–water partition coefficient (Wildman–Crippen LogP) is 1.18. The zero-order valence-electron chi connectivity index (χ0n) is 10.2. The van der Waals surface area contributed by atoms with Crippen molar-refractivity contribution in [2.45, 2.75) is 45.6 Å². The van der Waals surface area contributed by atoms with Crippen molar-refractivity contribution in [1.29, 1.82) is 5.26 Å². The maximum absolute atomic E-state index is 12.1. The second-order valence-electron chi connectivity index (χ2n) is 4.75. The van der Waals surface area contributed by atoms with Gasteiger partial charge in [0.05, 0.1) is 12.5 Å². The Kier molecular flexibility index (Phi) is 4.75. The highest BCUT2D eigenvalue weighted by atomic mass is 16.2. The molecule has 0 aliphatic carbocycles. The van der Waals surface area contributed by atoms with Crippen LogP contribution < -0.4 is 10.6 Å². The van der Waals surface area contributed by atoms with Crippen molar-refractivity contribution >= 4 is 5.91 Å². The molecule has 1 saturated heterocycles. The van der Waals surface area contributed by atoms with Crippen LogP contribution in [0.2, 0.25) is 0 Å². The van der Waals surface area contributed by atoms with Crippen molar-refractivity contribution in [1.82, 2.24) is 10.6 Å². The number of hydrogen-bond donors (Lipinski definition) is 2. The first-order valence-corrected chi connectivity index (χ1v) is 6.01. The summed E-state index contributed by atoms with van der Waals surface area (Å²) < 4.78 is 0. The number of rotatable bonds is 4. The molecule has 1 amide bonds. The summed E-state index contributed by atoms with van der Waals surface area (Å²) in [5, 5.41) is 14.9. The summed E-state index contributed by atoms with van der Waals surface area (Å²) in [6.07, 6.45) is 2.97. The van der Waals surface area contributed by atoms with E-state index in [1.165, 1.54) is 0 Å². The monoisotopic (exact) mass is 223 g/mol. The molecule has 0 aromatic heterocycles. The van der Waals surface area contributed by atoms with Gasteiger partial charge < -0.3 is 10.6 Å². The van der Waals surface area contributed by atoms with Crippen LogP contribution in [0.3, 0.4) is 0 Å². The molecule has 4 nitrogen and oxygen atoms in total. The van der Waals surface area contributed by atoms with Gasteiger partial charge in [-0.1, -0.05) is 13.8 Å². The molecule has 1 aliphatic rings. The third kappa shape index (κ3) is 3.21. The summed E-state index contributed by atoms with van der Waals surface area (Å²) in [5.41, 5.74) is -0.256. The highest BCUT2D eigenvalue weighted by Gasteiger charge is 2.35. The Balaban J connectivity index is 2.52. The van der Waals surface area contributed by atoms with Crippen LogP contribution in [-0.4, -0.2) is 25.0 Å². The van der Waals surface area contributed by atoms with Crippen molar-refractivity contribution in [2.24, 2.45) is 5.41 Å². The molecule has 0 spiro atoms. The molecule has 1 heterocycles. The number of nitrogens with one attached hydrogen (secondary N) is 2. The first-order chi connectivity index (χ1) is 7.62. The lowest BCUT2D eigenvalue weighted by Crippen LogP contribution is -2.48. The number of nitrogens with zero attached hydrogens (tertiary/aromatic N) is 1. The molecule has 2 N–H and O–H groups in total. The summed E-state index contributed by atoms with van der Waals surface area (Å²) in [5.74, 6) is 0.108. The molecular weight excluding hydrogens is 202 g/mol. The van der Waals surface area contributed by atoms with Crippen molar-refractivity contribution in [2.75, 3.05) is 13.1 Å². The number of hydrogen-bond acceptors (Lipinski definition) is 3. The fourth-order valence-electron chi connectivity index (χ4n) is 1.97. The van der Waals surface area contributed by atoms with E-state index in [2.05, 4.69) is 16.7 Å². The van der Waals surface area contributed by atoms with Gasteiger partial charge >= 0.3 is 0 Å². The minimum atomic E-state index is -0.256. The van der Waals surface area contributed by atoms with E-state index in [9.17, 15) is 4.79 Å². The topological polar surface area (TPSA) is 64.9 Å². The van der Waals surface area contributed by atoms with Crippen LogP contribution in [0.5, 0.6) is 0 Å². The normalized spacial score (nSPS) is 20.8. The molecule has 0 radical (unpaired) electrons. The predicted molar refractivity (Wildman–Crippen MR) is 62.7 cm³/mol. The van der Waals surface area contributed by atoms with Crippen molar-refractivity contribution in [3.8, 4) is 6.07 Å². The van der Waals surface area contributed by atoms with Gasteiger partial charge in [0.15, 0.2) is 0 Å². The summed E-state index contributed by atoms with van der Waals surface area (Å²) in [6.45, 7) is 5.81. The zero-order chi connectivity index (χ0) is 12.0. The molecule has 4 heteroatoms. The highest BCUT2D eigenvalue weighted by molar-refractivity contribution is 5.82. The van der Waals surface area contributed by atoms with E-state index in [-0.39, 0.29) is 17.4 Å². The van der Waals surface area contributed by atoms with Gasteiger partial charge in [0.25, 0.3) is 0 Å². The van der Waals surface area contributed by atoms with Crippen molar-refractivity contribution in [3.63, 3.8) is 0 Å². The van der Waals surface area contributed by atoms with Gasteiger partial charge in [0.1, 0.15) is 0 Å². The summed E-state index contributed by atoms with van der Waals surface area (Å²) in [4.78, 5) is 12.1. The smallest absolute Gasteiger partial charge is 0.226 e. The lowest BCUT2D eigenvalue weighted by Gasteiger charge is -2.33. The molecule has 90 valence electrons. The molecule has 1 rings (SSSR count). The zero-order valence-corrected chi connectivity index (χ0v) is 10.2. The summed E-state index contributed by atoms with van der Waals surface area (Å²) in [6, 6.07) is 2.12. The van der Waals surface area contributed by atoms with Crippen LogP contribution in [0.25, 0.3) is 0 Å². The third-order valence-electron chi connectivity index (χ3n) is 3.42. The largest absolute Gasteiger partial charge is 0.352 e. The average molecular weight is 223 g/mol. The van der Waals surface area contributed by atoms with E-state index in [4.69, 9.17) is 5.26 Å². The maximum Gasteiger partial charge on any atom is 0.226 e. The van der Waals surface area contributed by atoms with Gasteiger partial charge in [-0.25, -0.2) is 0 Å². The fraction of sp³-hybridized carbons (Fsp3) is 0.833. The SMILES string of the molecule is CCC(CC#N)NC(=O)C1(C)CCNCC1. The first-order valence-electron chi connectivity index (χ1n) is 6.01. The summed E-state index contributed by atoms with van der Waals surface area (Å²) >= 11 is 0. The van der Waals surface area contributed by atoms with Gasteiger partial charge in [-0.15, -0.1) is 0 Å². The maximum atomic E-state index is 12.1. The van der Waals surface area contributed by atoms with Crippen LogP contribution in [0, 0.1) is 16.7 Å². The Morgan fingerprint density at radius 2 is 2.19 bits per heavy atom. The van der Waals surface area contributed by atoms with Crippen LogP contribution in [-0.2, 0) is 4.79 Å². The van der Waals surface area contributed by atoms with E-state index in [1.54, 1.807) is 0 Å². The van der Waals surface area contributed by atoms with Crippen molar-refractivity contribution < 1.29 is 4.79 Å². The Morgan fingerprint density at radius 1 is 1.56 bits per heavy atom. The standard InChI is InChI=1S/C12H21N3O/c1-3-10(4-7-13)15-11(16)12(2)5-8-14-9-6-12/h10,14H,3-6,8-9H2,1-2H3,(H,15,16). The van der Waals surface area contributed by atoms with Crippen LogP contribution in [0.4, 0.5) is 0 Å². The molecule has 0 aromatic rings. The van der Waals surface area contributed by atoms with E-state index < -0.39 is 0 Å². The minimum absolute atomic E-state index is 0.00390. The molecule has 0 bridgehead atoms. The van der Waals surface area contributed by atoms with E-state index >= 15 is 0 Å². The molecular formula is C12H21N3O. The van der Waals surface area contributed by atoms with Gasteiger partial charge in [-0.3, -0.25) is 4.79 Å². The third-order valence-corrected chi connectivity index (χ3v) is 3.42. The second kappa shape index (κ2) is 5.86. The molecule has 1 aliphatic heterocycles. The van der Waals surface area contributed by atoms with Gasteiger partial charge in [-0.2, -0.15) is 5.26 Å². The number of nitriles is 1. The molecule has 1 fully saturated rings. The fourth-order valence-corrected chi connectivity index (χ4v) is 1.97. The Morgan fingerprint density at radius 3 is 2.69 bits per heavy atom. The molecule has 1 unspecified atom stereocenters. The van der Waals surface area contributed by atoms with Crippen LogP contribution in [0.1, 0.15) is 39.5 Å². The van der Waals surface area contributed by atoms with E-state index in [0.717, 1.165) is 32.4 Å². The van der Waals surface area contributed by atoms with Crippen molar-refractivity contribution in [3.05, 3.63) is 0 Å². The highest BCUT2D eigenvalue weighted by Crippen LogP contribution is 2.28. The Bertz CT molecular complexity index is 276. The van der Waals surface area contributed by atoms with Crippen LogP contribution in [0.15, 0.2) is 0 Å². The average Bonchev–Trinajstić information content (AvgIpc) is 2.29. The number of carbonyl (C=O) groups is 1. The van der Waals surface area contributed by atoms with Gasteiger partial charge in [-0.05, 0) is 32.4 Å². The van der Waals surface area contributed by atoms with E-state index in [1.807, 2.05) is 13.8 Å². The number of amides is 1. The molecule has 0 aromatic carbocycles. The number of piperidine rings is 1.